The monoisotopic (exact) mass is 458 g/mol. The minimum atomic E-state index is -0.477. The van der Waals surface area contributed by atoms with Crippen molar-refractivity contribution in [2.24, 2.45) is 0 Å². The van der Waals surface area contributed by atoms with Crippen molar-refractivity contribution in [3.63, 3.8) is 0 Å². The number of benzene rings is 2. The molecule has 0 atom stereocenters. The second kappa shape index (κ2) is 8.44. The molecule has 1 heterocycles. The second-order valence-electron chi connectivity index (χ2n) is 6.26. The predicted molar refractivity (Wildman–Crippen MR) is 116 cm³/mol. The van der Waals surface area contributed by atoms with Gasteiger partial charge >= 0.3 is 5.69 Å². The van der Waals surface area contributed by atoms with Crippen molar-refractivity contribution in [1.82, 2.24) is 9.13 Å². The highest BCUT2D eigenvalue weighted by atomic mass is 79.9. The van der Waals surface area contributed by atoms with Gasteiger partial charge in [0, 0.05) is 35.8 Å². The highest BCUT2D eigenvalue weighted by Crippen LogP contribution is 2.28. The second-order valence-corrected chi connectivity index (χ2v) is 7.12. The maximum absolute atomic E-state index is 12.5. The lowest BCUT2D eigenvalue weighted by molar-refractivity contribution is -0.384. The predicted octanol–water partition coefficient (Wildman–Crippen LogP) is 4.17. The number of carbonyl (C=O) groups is 1. The molecule has 0 radical (unpaired) electrons. The van der Waals surface area contributed by atoms with Gasteiger partial charge in [-0.1, -0.05) is 0 Å². The summed E-state index contributed by atoms with van der Waals surface area (Å²) in [5.74, 6) is -0.358. The van der Waals surface area contributed by atoms with E-state index < -0.39 is 4.92 Å². The van der Waals surface area contributed by atoms with E-state index in [1.54, 1.807) is 33.4 Å². The fourth-order valence-electron chi connectivity index (χ4n) is 3.10. The Morgan fingerprint density at radius 1 is 1.14 bits per heavy atom. The number of carbonyl (C=O) groups excluding carboxylic acids is 1. The number of rotatable bonds is 6. The summed E-state index contributed by atoms with van der Waals surface area (Å²) in [5, 5.41) is 13.5. The van der Waals surface area contributed by atoms with Crippen molar-refractivity contribution >= 4 is 50.3 Å². The fourth-order valence-corrected chi connectivity index (χ4v) is 3.53. The first kappa shape index (κ1) is 20.5. The molecule has 1 N–H and O–H groups in total. The first-order valence-corrected chi connectivity index (χ1v) is 9.81. The number of aryl methyl sites for hydroxylation is 2. The molecule has 150 valence electrons. The maximum atomic E-state index is 12.5. The molecule has 0 aliphatic carbocycles. The molecule has 29 heavy (non-hydrogen) atoms. The van der Waals surface area contributed by atoms with Gasteiger partial charge in [-0.3, -0.25) is 24.0 Å². The molecule has 0 unspecified atom stereocenters. The van der Waals surface area contributed by atoms with Gasteiger partial charge in [-0.05, 0) is 65.7 Å². The molecule has 0 bridgehead atoms. The van der Waals surface area contributed by atoms with E-state index in [-0.39, 0.29) is 17.3 Å². The number of non-ortho nitro benzene ring substituents is 1. The van der Waals surface area contributed by atoms with Crippen molar-refractivity contribution in [1.29, 1.82) is 0 Å². The van der Waals surface area contributed by atoms with E-state index in [4.69, 9.17) is 0 Å². The van der Waals surface area contributed by atoms with Crippen LogP contribution in [0.4, 0.5) is 11.4 Å². The Balaban J connectivity index is 1.85. The lowest BCUT2D eigenvalue weighted by atomic mass is 10.2. The lowest BCUT2D eigenvalue weighted by Crippen LogP contribution is -2.23. The molecule has 2 aromatic carbocycles. The molecule has 0 aliphatic rings. The third kappa shape index (κ3) is 4.14. The number of fused-ring (bicyclic) bond motifs is 1. The summed E-state index contributed by atoms with van der Waals surface area (Å²) >= 11 is 3.46. The van der Waals surface area contributed by atoms with E-state index in [0.717, 1.165) is 11.0 Å². The number of anilines is 1. The molecule has 0 aliphatic heterocycles. The van der Waals surface area contributed by atoms with Gasteiger partial charge in [-0.2, -0.15) is 0 Å². The average molecular weight is 459 g/mol. The van der Waals surface area contributed by atoms with Crippen LogP contribution >= 0.6 is 15.9 Å². The number of nitrogens with zero attached hydrogens (tertiary/aromatic N) is 3. The number of nitro groups is 1. The largest absolute Gasteiger partial charge is 0.329 e. The van der Waals surface area contributed by atoms with Crippen LogP contribution < -0.4 is 11.0 Å². The van der Waals surface area contributed by atoms with Gasteiger partial charge in [0.25, 0.3) is 5.69 Å². The summed E-state index contributed by atoms with van der Waals surface area (Å²) in [4.78, 5) is 35.0. The van der Waals surface area contributed by atoms with Gasteiger partial charge in [0.05, 0.1) is 21.6 Å². The van der Waals surface area contributed by atoms with Gasteiger partial charge in [-0.25, -0.2) is 4.79 Å². The van der Waals surface area contributed by atoms with E-state index in [1.165, 1.54) is 18.2 Å². The first-order chi connectivity index (χ1) is 13.8. The Morgan fingerprint density at radius 2 is 1.72 bits per heavy atom. The zero-order valence-corrected chi connectivity index (χ0v) is 17.5. The van der Waals surface area contributed by atoms with E-state index >= 15 is 0 Å². The number of hydrogen-bond acceptors (Lipinski definition) is 4. The number of imidazole rings is 1. The summed E-state index contributed by atoms with van der Waals surface area (Å²) in [7, 11) is 0. The van der Waals surface area contributed by atoms with Crippen molar-refractivity contribution in [2.75, 3.05) is 5.32 Å². The molecule has 0 saturated heterocycles. The van der Waals surface area contributed by atoms with Crippen LogP contribution in [0.5, 0.6) is 0 Å². The molecule has 0 saturated carbocycles. The summed E-state index contributed by atoms with van der Waals surface area (Å²) in [6, 6.07) is 9.49. The molecule has 1 aromatic heterocycles. The molecular weight excluding hydrogens is 440 g/mol. The zero-order chi connectivity index (χ0) is 21.1. The number of nitro benzene ring substituents is 1. The van der Waals surface area contributed by atoms with Crippen LogP contribution in [0.1, 0.15) is 19.4 Å². The van der Waals surface area contributed by atoms with Gasteiger partial charge in [0.15, 0.2) is 0 Å². The number of amides is 1. The molecule has 0 fully saturated rings. The van der Waals surface area contributed by atoms with E-state index in [2.05, 4.69) is 21.2 Å². The Hall–Kier alpha value is -3.20. The Bertz CT molecular complexity index is 1180. The Labute approximate surface area is 174 Å². The van der Waals surface area contributed by atoms with Crippen LogP contribution in [0, 0.1) is 10.1 Å². The van der Waals surface area contributed by atoms with Crippen LogP contribution in [-0.4, -0.2) is 20.0 Å². The number of aromatic nitrogens is 2. The third-order valence-corrected chi connectivity index (χ3v) is 5.19. The van der Waals surface area contributed by atoms with Gasteiger partial charge in [-0.15, -0.1) is 0 Å². The van der Waals surface area contributed by atoms with Crippen LogP contribution in [0.25, 0.3) is 17.1 Å². The van der Waals surface area contributed by atoms with Crippen LogP contribution in [0.2, 0.25) is 0 Å². The van der Waals surface area contributed by atoms with E-state index in [0.29, 0.717) is 28.8 Å². The molecule has 3 aromatic rings. The Morgan fingerprint density at radius 3 is 2.28 bits per heavy atom. The minimum Gasteiger partial charge on any atom is -0.321 e. The van der Waals surface area contributed by atoms with Gasteiger partial charge < -0.3 is 5.32 Å². The summed E-state index contributed by atoms with van der Waals surface area (Å²) in [6.45, 7) is 4.89. The molecule has 8 nitrogen and oxygen atoms in total. The van der Waals surface area contributed by atoms with Crippen molar-refractivity contribution in [2.45, 2.75) is 26.9 Å². The maximum Gasteiger partial charge on any atom is 0.329 e. The normalized spacial score (nSPS) is 11.3. The number of halogens is 1. The highest BCUT2D eigenvalue weighted by Gasteiger charge is 2.14. The molecule has 0 spiro atoms. The zero-order valence-electron chi connectivity index (χ0n) is 15.9. The molecule has 1 amide bonds. The van der Waals surface area contributed by atoms with E-state index in [9.17, 15) is 19.7 Å². The highest BCUT2D eigenvalue weighted by molar-refractivity contribution is 9.10. The van der Waals surface area contributed by atoms with Crippen molar-refractivity contribution < 1.29 is 9.72 Å². The SMILES string of the molecule is CCn1c(=O)n(CC)c2cc(NC(=O)/C=C/c3ccc([N+](=O)[O-])cc3)c(Br)cc21. The molecule has 3 rings (SSSR count). The van der Waals surface area contributed by atoms with Gasteiger partial charge in [0.2, 0.25) is 5.91 Å². The topological polar surface area (TPSA) is 99.2 Å². The smallest absolute Gasteiger partial charge is 0.321 e. The summed E-state index contributed by atoms with van der Waals surface area (Å²) in [6.07, 6.45) is 2.92. The fraction of sp³-hybridized carbons (Fsp3) is 0.200. The van der Waals surface area contributed by atoms with Crippen molar-refractivity contribution in [3.8, 4) is 0 Å². The first-order valence-electron chi connectivity index (χ1n) is 9.01. The molecular formula is C20H19BrN4O4. The average Bonchev–Trinajstić information content (AvgIpc) is 2.96. The standard InChI is InChI=1S/C20H19BrN4O4/c1-3-23-17-11-15(21)16(12-18(17)24(4-2)20(23)27)22-19(26)10-7-13-5-8-14(9-6-13)25(28)29/h5-12H,3-4H2,1-2H3,(H,22,26)/b10-7+. The van der Waals surface area contributed by atoms with Crippen LogP contribution in [0.3, 0.4) is 0 Å². The van der Waals surface area contributed by atoms with Crippen LogP contribution in [0.15, 0.2) is 51.7 Å². The summed E-state index contributed by atoms with van der Waals surface area (Å²) < 4.78 is 4.01. The summed E-state index contributed by atoms with van der Waals surface area (Å²) in [5.41, 5.74) is 2.66. The van der Waals surface area contributed by atoms with Crippen LogP contribution in [-0.2, 0) is 17.9 Å². The Kier molecular flexibility index (Phi) is 5.97. The quantitative estimate of drug-likeness (QED) is 0.340. The third-order valence-electron chi connectivity index (χ3n) is 4.53. The number of nitrogens with one attached hydrogen (secondary N) is 1. The van der Waals surface area contributed by atoms with Gasteiger partial charge in [0.1, 0.15) is 0 Å². The van der Waals surface area contributed by atoms with Crippen molar-refractivity contribution in [3.05, 3.63) is 73.1 Å². The molecule has 9 heteroatoms. The lowest BCUT2D eigenvalue weighted by Gasteiger charge is -2.07. The number of hydrogen-bond donors (Lipinski definition) is 1. The van der Waals surface area contributed by atoms with E-state index in [1.807, 2.05) is 19.9 Å². The minimum absolute atomic E-state index is 0.00942.